The van der Waals surface area contributed by atoms with E-state index in [1.54, 1.807) is 6.20 Å². The Kier molecular flexibility index (Phi) is 6.96. The van der Waals surface area contributed by atoms with Crippen LogP contribution >= 0.6 is 0 Å². The first-order valence-electron chi connectivity index (χ1n) is 12.5. The smallest absolute Gasteiger partial charge is 0.101 e. The van der Waals surface area contributed by atoms with Crippen molar-refractivity contribution in [1.29, 1.82) is 5.26 Å². The molecular weight excluding hydrogens is 438 g/mol. The SMILES string of the molecule is Cc1cc(CC2CCN(C[C@H]3CN(c4ccc(C#N)c5ncccc45)C[C@@H](C)O3)C2)cc(CO)n1. The Bertz CT molecular complexity index is 1240. The fraction of sp³-hybridized carbons (Fsp3) is 0.464. The second-order valence-corrected chi connectivity index (χ2v) is 10.0. The average molecular weight is 472 g/mol. The van der Waals surface area contributed by atoms with E-state index in [4.69, 9.17) is 4.74 Å². The Morgan fingerprint density at radius 1 is 1.20 bits per heavy atom. The van der Waals surface area contributed by atoms with Crippen LogP contribution in [0.15, 0.2) is 42.6 Å². The van der Waals surface area contributed by atoms with Crippen molar-refractivity contribution in [2.24, 2.45) is 5.92 Å². The molecule has 2 fully saturated rings. The molecule has 4 heterocycles. The van der Waals surface area contributed by atoms with E-state index in [1.807, 2.05) is 25.1 Å². The number of rotatable bonds is 6. The largest absolute Gasteiger partial charge is 0.390 e. The molecule has 2 aliphatic rings. The molecule has 1 N–H and O–H groups in total. The second kappa shape index (κ2) is 10.3. The molecule has 0 spiro atoms. The number of ether oxygens (including phenoxy) is 1. The standard InChI is InChI=1S/C28H33N5O2/c1-19-10-22(12-24(18-34)31-19)11-21-7-9-32(15-21)16-25-17-33(14-20(2)35-25)27-6-5-23(13-29)28-26(27)4-3-8-30-28/h3-6,8,10,12,20-21,25,34H,7,9,11,14-18H2,1-2H3/t20-,21?,25+/m1/s1. The number of fused-ring (bicyclic) bond motifs is 1. The molecule has 0 aliphatic carbocycles. The average Bonchev–Trinajstić information content (AvgIpc) is 3.28. The van der Waals surface area contributed by atoms with Gasteiger partial charge in [-0.1, -0.05) is 0 Å². The minimum Gasteiger partial charge on any atom is -0.390 e. The van der Waals surface area contributed by atoms with Gasteiger partial charge < -0.3 is 19.6 Å². The van der Waals surface area contributed by atoms with Crippen LogP contribution in [0, 0.1) is 24.2 Å². The normalized spacial score (nSPS) is 23.0. The minimum atomic E-state index is -0.0102. The summed E-state index contributed by atoms with van der Waals surface area (Å²) in [5.74, 6) is 0.606. The molecular formula is C28H33N5O2. The van der Waals surface area contributed by atoms with Gasteiger partial charge in [-0.05, 0) is 81.1 Å². The van der Waals surface area contributed by atoms with Gasteiger partial charge in [-0.3, -0.25) is 9.97 Å². The van der Waals surface area contributed by atoms with Crippen LogP contribution in [0.1, 0.15) is 35.9 Å². The van der Waals surface area contributed by atoms with E-state index in [9.17, 15) is 10.4 Å². The highest BCUT2D eigenvalue weighted by Crippen LogP contribution is 2.31. The molecule has 2 aliphatic heterocycles. The summed E-state index contributed by atoms with van der Waals surface area (Å²) in [6, 6.07) is 14.4. The van der Waals surface area contributed by atoms with Crippen LogP contribution < -0.4 is 4.90 Å². The van der Waals surface area contributed by atoms with Crippen molar-refractivity contribution in [3.8, 4) is 6.07 Å². The first-order valence-corrected chi connectivity index (χ1v) is 12.5. The molecule has 2 saturated heterocycles. The molecule has 0 bridgehead atoms. The van der Waals surface area contributed by atoms with Crippen LogP contribution in [0.5, 0.6) is 0 Å². The van der Waals surface area contributed by atoms with E-state index in [1.165, 1.54) is 12.0 Å². The van der Waals surface area contributed by atoms with Crippen molar-refractivity contribution in [2.75, 3.05) is 37.6 Å². The van der Waals surface area contributed by atoms with Crippen LogP contribution in [-0.2, 0) is 17.8 Å². The molecule has 1 unspecified atom stereocenters. The number of aryl methyl sites for hydroxylation is 1. The summed E-state index contributed by atoms with van der Waals surface area (Å²) in [6.45, 7) is 8.83. The Labute approximate surface area is 207 Å². The number of aromatic nitrogens is 2. The van der Waals surface area contributed by atoms with Crippen LogP contribution in [0.3, 0.4) is 0 Å². The number of aliphatic hydroxyl groups is 1. The van der Waals surface area contributed by atoms with Crippen molar-refractivity contribution in [2.45, 2.75) is 45.5 Å². The maximum absolute atomic E-state index is 9.49. The van der Waals surface area contributed by atoms with Gasteiger partial charge in [0.25, 0.3) is 0 Å². The van der Waals surface area contributed by atoms with E-state index >= 15 is 0 Å². The quantitative estimate of drug-likeness (QED) is 0.589. The summed E-state index contributed by atoms with van der Waals surface area (Å²) in [5, 5.41) is 20.0. The maximum atomic E-state index is 9.49. The molecule has 3 aromatic rings. The van der Waals surface area contributed by atoms with Crippen molar-refractivity contribution in [1.82, 2.24) is 14.9 Å². The fourth-order valence-electron chi connectivity index (χ4n) is 5.75. The summed E-state index contributed by atoms with van der Waals surface area (Å²) in [5.41, 5.74) is 5.49. The second-order valence-electron chi connectivity index (χ2n) is 10.0. The van der Waals surface area contributed by atoms with Crippen molar-refractivity contribution < 1.29 is 9.84 Å². The third kappa shape index (κ3) is 5.30. The van der Waals surface area contributed by atoms with Gasteiger partial charge >= 0.3 is 0 Å². The van der Waals surface area contributed by atoms with E-state index in [0.717, 1.165) is 67.1 Å². The third-order valence-electron chi connectivity index (χ3n) is 7.12. The molecule has 182 valence electrons. The Morgan fingerprint density at radius 3 is 2.91 bits per heavy atom. The zero-order chi connectivity index (χ0) is 24.4. The van der Waals surface area contributed by atoms with Crippen molar-refractivity contribution >= 4 is 16.6 Å². The Morgan fingerprint density at radius 2 is 2.09 bits per heavy atom. The number of anilines is 1. The predicted octanol–water partition coefficient (Wildman–Crippen LogP) is 3.46. The number of hydrogen-bond acceptors (Lipinski definition) is 7. The highest BCUT2D eigenvalue weighted by molar-refractivity contribution is 5.95. The topological polar surface area (TPSA) is 85.5 Å². The van der Waals surface area contributed by atoms with Crippen molar-refractivity contribution in [3.05, 3.63) is 65.1 Å². The molecule has 7 nitrogen and oxygen atoms in total. The van der Waals surface area contributed by atoms with Gasteiger partial charge in [0.05, 0.1) is 35.6 Å². The number of hydrogen-bond donors (Lipinski definition) is 1. The van der Waals surface area contributed by atoms with Crippen LogP contribution in [-0.4, -0.2) is 64.9 Å². The Hall–Kier alpha value is -3.05. The van der Waals surface area contributed by atoms with E-state index < -0.39 is 0 Å². The number of aliphatic hydroxyl groups excluding tert-OH is 1. The number of nitrogens with zero attached hydrogens (tertiary/aromatic N) is 5. The molecule has 7 heteroatoms. The zero-order valence-electron chi connectivity index (χ0n) is 20.5. The lowest BCUT2D eigenvalue weighted by Gasteiger charge is -2.40. The summed E-state index contributed by atoms with van der Waals surface area (Å²) in [7, 11) is 0. The van der Waals surface area contributed by atoms with Gasteiger partial charge in [0.1, 0.15) is 6.07 Å². The molecule has 5 rings (SSSR count). The molecule has 0 saturated carbocycles. The van der Waals surface area contributed by atoms with Crippen LogP contribution in [0.2, 0.25) is 0 Å². The number of benzene rings is 1. The van der Waals surface area contributed by atoms with Gasteiger partial charge in [0.15, 0.2) is 0 Å². The minimum absolute atomic E-state index is 0.0102. The van der Waals surface area contributed by atoms with Gasteiger partial charge in [-0.2, -0.15) is 5.26 Å². The zero-order valence-corrected chi connectivity index (χ0v) is 20.5. The molecule has 1 aromatic carbocycles. The molecule has 3 atom stereocenters. The summed E-state index contributed by atoms with van der Waals surface area (Å²) in [4.78, 5) is 13.8. The van der Waals surface area contributed by atoms with Gasteiger partial charge in [0.2, 0.25) is 0 Å². The molecule has 35 heavy (non-hydrogen) atoms. The van der Waals surface area contributed by atoms with Crippen LogP contribution in [0.4, 0.5) is 5.69 Å². The molecule has 2 aromatic heterocycles. The number of nitriles is 1. The predicted molar refractivity (Wildman–Crippen MR) is 136 cm³/mol. The van der Waals surface area contributed by atoms with Gasteiger partial charge in [-0.15, -0.1) is 0 Å². The summed E-state index contributed by atoms with van der Waals surface area (Å²) >= 11 is 0. The monoisotopic (exact) mass is 471 g/mol. The third-order valence-corrected chi connectivity index (χ3v) is 7.12. The molecule has 0 radical (unpaired) electrons. The van der Waals surface area contributed by atoms with Gasteiger partial charge in [0, 0.05) is 49.1 Å². The summed E-state index contributed by atoms with van der Waals surface area (Å²) < 4.78 is 6.37. The highest BCUT2D eigenvalue weighted by Gasteiger charge is 2.31. The number of pyridine rings is 2. The van der Waals surface area contributed by atoms with E-state index in [2.05, 4.69) is 51.0 Å². The van der Waals surface area contributed by atoms with Crippen molar-refractivity contribution in [3.63, 3.8) is 0 Å². The van der Waals surface area contributed by atoms with Gasteiger partial charge in [-0.25, -0.2) is 0 Å². The fourth-order valence-corrected chi connectivity index (χ4v) is 5.75. The lowest BCUT2D eigenvalue weighted by molar-refractivity contribution is -0.0297. The lowest BCUT2D eigenvalue weighted by Crippen LogP contribution is -2.50. The lowest BCUT2D eigenvalue weighted by atomic mass is 9.98. The Balaban J connectivity index is 1.25. The van der Waals surface area contributed by atoms with E-state index in [0.29, 0.717) is 11.5 Å². The highest BCUT2D eigenvalue weighted by atomic mass is 16.5. The van der Waals surface area contributed by atoms with Crippen LogP contribution in [0.25, 0.3) is 10.9 Å². The number of morpholine rings is 1. The first kappa shape index (κ1) is 23.7. The molecule has 0 amide bonds. The summed E-state index contributed by atoms with van der Waals surface area (Å²) in [6.07, 6.45) is 4.20. The van der Waals surface area contributed by atoms with E-state index in [-0.39, 0.29) is 18.8 Å². The number of likely N-dealkylation sites (tertiary alicyclic amines) is 1. The maximum Gasteiger partial charge on any atom is 0.101 e. The first-order chi connectivity index (χ1) is 17.0.